The molecule has 1 unspecified atom stereocenters. The minimum atomic E-state index is 0.000800. The van der Waals surface area contributed by atoms with Crippen LogP contribution in [0.15, 0.2) is 61.3 Å². The fourth-order valence-electron chi connectivity index (χ4n) is 4.18. The molecule has 1 amide bonds. The van der Waals surface area contributed by atoms with E-state index in [0.29, 0.717) is 12.1 Å². The number of amides is 1. The molecule has 1 fully saturated rings. The van der Waals surface area contributed by atoms with Gasteiger partial charge in [0, 0.05) is 48.7 Å². The zero-order valence-electron chi connectivity index (χ0n) is 17.7. The number of carbonyl (C=O) groups excluding carboxylic acids is 1. The Hall–Kier alpha value is -4.01. The van der Waals surface area contributed by atoms with E-state index in [9.17, 15) is 4.79 Å². The molecule has 32 heavy (non-hydrogen) atoms. The quantitative estimate of drug-likeness (QED) is 0.494. The van der Waals surface area contributed by atoms with Crippen molar-refractivity contribution in [1.29, 1.82) is 0 Å². The number of aromatic nitrogens is 7. The monoisotopic (exact) mass is 426 g/mol. The van der Waals surface area contributed by atoms with Gasteiger partial charge in [0.25, 0.3) is 5.91 Å². The molecule has 3 aromatic heterocycles. The van der Waals surface area contributed by atoms with Gasteiger partial charge in [-0.05, 0) is 66.1 Å². The molecule has 0 bridgehead atoms. The second-order valence-electron chi connectivity index (χ2n) is 7.85. The first-order valence-corrected chi connectivity index (χ1v) is 10.6. The zero-order chi connectivity index (χ0) is 21.9. The summed E-state index contributed by atoms with van der Waals surface area (Å²) >= 11 is 0. The molecule has 1 saturated heterocycles. The first-order valence-electron chi connectivity index (χ1n) is 10.6. The smallest absolute Gasteiger partial charge is 0.253 e. The molecular weight excluding hydrogens is 404 g/mol. The van der Waals surface area contributed by atoms with Gasteiger partial charge in [0.15, 0.2) is 0 Å². The van der Waals surface area contributed by atoms with Crippen molar-refractivity contribution in [3.05, 3.63) is 78.4 Å². The van der Waals surface area contributed by atoms with Crippen molar-refractivity contribution in [2.24, 2.45) is 0 Å². The number of hydrogen-bond donors (Lipinski definition) is 0. The highest BCUT2D eigenvalue weighted by Gasteiger charge is 2.28. The lowest BCUT2D eigenvalue weighted by Gasteiger charge is -2.33. The Balaban J connectivity index is 1.42. The highest BCUT2D eigenvalue weighted by atomic mass is 16.2. The minimum absolute atomic E-state index is 0.000800. The van der Waals surface area contributed by atoms with Crippen LogP contribution in [0.2, 0.25) is 0 Å². The predicted octanol–water partition coefficient (Wildman–Crippen LogP) is 2.84. The molecule has 1 aromatic carbocycles. The fourth-order valence-corrected chi connectivity index (χ4v) is 4.18. The second-order valence-corrected chi connectivity index (χ2v) is 7.85. The topological polar surface area (TPSA) is 103 Å². The van der Waals surface area contributed by atoms with Crippen LogP contribution < -0.4 is 0 Å². The average molecular weight is 426 g/mol. The van der Waals surface area contributed by atoms with Gasteiger partial charge < -0.3 is 4.90 Å². The summed E-state index contributed by atoms with van der Waals surface area (Å²) in [6.07, 6.45) is 8.83. The number of benzene rings is 1. The number of piperidine rings is 1. The lowest BCUT2D eigenvalue weighted by atomic mass is 9.89. The summed E-state index contributed by atoms with van der Waals surface area (Å²) in [7, 11) is 0. The van der Waals surface area contributed by atoms with Crippen molar-refractivity contribution in [1.82, 2.24) is 40.1 Å². The Morgan fingerprint density at radius 3 is 2.84 bits per heavy atom. The number of likely N-dealkylation sites (tertiary alicyclic amines) is 1. The van der Waals surface area contributed by atoms with Gasteiger partial charge in [-0.3, -0.25) is 9.78 Å². The van der Waals surface area contributed by atoms with Crippen LogP contribution in [0.1, 0.15) is 40.6 Å². The van der Waals surface area contributed by atoms with Gasteiger partial charge in [-0.25, -0.2) is 14.6 Å². The summed E-state index contributed by atoms with van der Waals surface area (Å²) in [6, 6.07) is 11.3. The Kier molecular flexibility index (Phi) is 5.37. The van der Waals surface area contributed by atoms with Crippen LogP contribution in [0.5, 0.6) is 0 Å². The highest BCUT2D eigenvalue weighted by molar-refractivity contribution is 5.95. The minimum Gasteiger partial charge on any atom is -0.338 e. The van der Waals surface area contributed by atoms with Gasteiger partial charge in [-0.15, -0.1) is 5.10 Å². The van der Waals surface area contributed by atoms with Gasteiger partial charge in [0.1, 0.15) is 12.2 Å². The number of tetrazole rings is 1. The Morgan fingerprint density at radius 2 is 2.03 bits per heavy atom. The summed E-state index contributed by atoms with van der Waals surface area (Å²) in [5.74, 6) is 0.872. The SMILES string of the molecule is Cc1ncc(-c2ccncc2)c(C2CCCN(C(=O)c3cccc(-n4cnnn4)c3)C2)n1. The van der Waals surface area contributed by atoms with Gasteiger partial charge >= 0.3 is 0 Å². The standard InChI is InChI=1S/C23H22N8O/c1-16-25-13-21(17-7-9-24-10-8-17)22(27-16)19-5-3-11-30(14-19)23(32)18-4-2-6-20(12-18)31-15-26-28-29-31/h2,4,6-10,12-13,15,19H,3,5,11,14H2,1H3. The molecule has 1 aliphatic rings. The molecule has 0 spiro atoms. The number of pyridine rings is 1. The van der Waals surface area contributed by atoms with Crippen molar-refractivity contribution in [3.8, 4) is 16.8 Å². The summed E-state index contributed by atoms with van der Waals surface area (Å²) in [6.45, 7) is 3.23. The van der Waals surface area contributed by atoms with Crippen LogP contribution in [0.4, 0.5) is 0 Å². The zero-order valence-corrected chi connectivity index (χ0v) is 17.7. The number of aryl methyl sites for hydroxylation is 1. The van der Waals surface area contributed by atoms with E-state index in [-0.39, 0.29) is 11.8 Å². The van der Waals surface area contributed by atoms with Crippen LogP contribution in [0, 0.1) is 6.92 Å². The predicted molar refractivity (Wildman–Crippen MR) is 117 cm³/mol. The van der Waals surface area contributed by atoms with Crippen molar-refractivity contribution in [3.63, 3.8) is 0 Å². The summed E-state index contributed by atoms with van der Waals surface area (Å²) in [4.78, 5) is 28.6. The van der Waals surface area contributed by atoms with Crippen molar-refractivity contribution in [2.45, 2.75) is 25.7 Å². The molecular formula is C23H22N8O. The average Bonchev–Trinajstić information content (AvgIpc) is 3.39. The Labute approximate surface area is 185 Å². The molecule has 1 aliphatic heterocycles. The van der Waals surface area contributed by atoms with Gasteiger partial charge in [-0.1, -0.05) is 6.07 Å². The van der Waals surface area contributed by atoms with Gasteiger partial charge in [-0.2, -0.15) is 0 Å². The molecule has 9 heteroatoms. The molecule has 5 rings (SSSR count). The largest absolute Gasteiger partial charge is 0.338 e. The van der Waals surface area contributed by atoms with E-state index in [0.717, 1.165) is 47.7 Å². The number of nitrogens with zero attached hydrogens (tertiary/aromatic N) is 8. The summed E-state index contributed by atoms with van der Waals surface area (Å²) < 4.78 is 1.54. The van der Waals surface area contributed by atoms with Crippen molar-refractivity contribution < 1.29 is 4.79 Å². The van der Waals surface area contributed by atoms with E-state index >= 15 is 0 Å². The number of carbonyl (C=O) groups is 1. The van der Waals surface area contributed by atoms with E-state index in [2.05, 4.69) is 25.5 Å². The molecule has 0 N–H and O–H groups in total. The number of hydrogen-bond acceptors (Lipinski definition) is 7. The van der Waals surface area contributed by atoms with Crippen LogP contribution in [-0.4, -0.2) is 59.1 Å². The van der Waals surface area contributed by atoms with E-state index in [1.807, 2.05) is 54.4 Å². The van der Waals surface area contributed by atoms with E-state index in [4.69, 9.17) is 4.98 Å². The van der Waals surface area contributed by atoms with Crippen LogP contribution in [0.3, 0.4) is 0 Å². The molecule has 4 heterocycles. The first-order chi connectivity index (χ1) is 15.7. The highest BCUT2D eigenvalue weighted by Crippen LogP contribution is 2.33. The summed E-state index contributed by atoms with van der Waals surface area (Å²) in [5, 5.41) is 11.2. The van der Waals surface area contributed by atoms with E-state index < -0.39 is 0 Å². The Morgan fingerprint density at radius 1 is 1.16 bits per heavy atom. The summed E-state index contributed by atoms with van der Waals surface area (Å²) in [5.41, 5.74) is 4.39. The fraction of sp³-hybridized carbons (Fsp3) is 0.261. The molecule has 9 nitrogen and oxygen atoms in total. The van der Waals surface area contributed by atoms with Crippen LogP contribution in [0.25, 0.3) is 16.8 Å². The van der Waals surface area contributed by atoms with Crippen molar-refractivity contribution >= 4 is 5.91 Å². The third-order valence-electron chi connectivity index (χ3n) is 5.73. The molecule has 0 radical (unpaired) electrons. The van der Waals surface area contributed by atoms with Crippen LogP contribution >= 0.6 is 0 Å². The molecule has 0 aliphatic carbocycles. The molecule has 160 valence electrons. The lowest BCUT2D eigenvalue weighted by Crippen LogP contribution is -2.39. The maximum absolute atomic E-state index is 13.3. The van der Waals surface area contributed by atoms with E-state index in [1.54, 1.807) is 17.1 Å². The normalized spacial score (nSPS) is 16.2. The first kappa shape index (κ1) is 19.9. The third-order valence-corrected chi connectivity index (χ3v) is 5.73. The number of rotatable bonds is 4. The van der Waals surface area contributed by atoms with Gasteiger partial charge in [0.05, 0.1) is 11.4 Å². The maximum Gasteiger partial charge on any atom is 0.253 e. The van der Waals surface area contributed by atoms with Gasteiger partial charge in [0.2, 0.25) is 0 Å². The lowest BCUT2D eigenvalue weighted by molar-refractivity contribution is 0.0706. The molecule has 1 atom stereocenters. The Bertz CT molecular complexity index is 1230. The van der Waals surface area contributed by atoms with Crippen LogP contribution in [-0.2, 0) is 0 Å². The maximum atomic E-state index is 13.3. The second kappa shape index (κ2) is 8.62. The molecule has 4 aromatic rings. The molecule has 0 saturated carbocycles. The van der Waals surface area contributed by atoms with E-state index in [1.165, 1.54) is 6.33 Å². The third kappa shape index (κ3) is 3.96. The van der Waals surface area contributed by atoms with Crippen molar-refractivity contribution in [2.75, 3.05) is 13.1 Å².